The number of nitrogens with one attached hydrogen (secondary N) is 1. The Bertz CT molecular complexity index is 1070. The third-order valence-corrected chi connectivity index (χ3v) is 6.00. The molecule has 1 N–H and O–H groups in total. The zero-order chi connectivity index (χ0) is 17.8. The Hall–Kier alpha value is -2.70. The summed E-state index contributed by atoms with van der Waals surface area (Å²) in [4.78, 5) is 16.5. The Labute approximate surface area is 159 Å². The van der Waals surface area contributed by atoms with Gasteiger partial charge in [0, 0.05) is 5.56 Å². The lowest BCUT2D eigenvalue weighted by molar-refractivity contribution is -0.118. The molecule has 0 aliphatic rings. The maximum atomic E-state index is 12.0. The number of rotatable bonds is 5. The third kappa shape index (κ3) is 3.76. The predicted octanol–water partition coefficient (Wildman–Crippen LogP) is 4.69. The van der Waals surface area contributed by atoms with Gasteiger partial charge in [0.15, 0.2) is 4.34 Å². The summed E-state index contributed by atoms with van der Waals surface area (Å²) in [5, 5.41) is 6.35. The molecule has 3 aromatic carbocycles. The number of hydrogen-bond donors (Lipinski definition) is 1. The number of hydrazone groups is 1. The van der Waals surface area contributed by atoms with Crippen LogP contribution in [-0.4, -0.2) is 22.9 Å². The van der Waals surface area contributed by atoms with Crippen molar-refractivity contribution in [3.63, 3.8) is 0 Å². The Balaban J connectivity index is 1.36. The lowest BCUT2D eigenvalue weighted by Crippen LogP contribution is -2.19. The van der Waals surface area contributed by atoms with Gasteiger partial charge in [-0.3, -0.25) is 4.79 Å². The molecule has 0 aliphatic heterocycles. The van der Waals surface area contributed by atoms with Gasteiger partial charge >= 0.3 is 0 Å². The van der Waals surface area contributed by atoms with Crippen molar-refractivity contribution in [2.24, 2.45) is 5.10 Å². The second kappa shape index (κ2) is 7.68. The quantitative estimate of drug-likeness (QED) is 0.312. The van der Waals surface area contributed by atoms with Crippen LogP contribution in [0.1, 0.15) is 5.56 Å². The molecule has 4 rings (SSSR count). The van der Waals surface area contributed by atoms with Crippen LogP contribution in [0.25, 0.3) is 21.0 Å². The largest absolute Gasteiger partial charge is 0.272 e. The van der Waals surface area contributed by atoms with Gasteiger partial charge in [-0.15, -0.1) is 11.3 Å². The summed E-state index contributed by atoms with van der Waals surface area (Å²) in [5.41, 5.74) is 4.53. The van der Waals surface area contributed by atoms with Gasteiger partial charge in [0.05, 0.1) is 22.2 Å². The normalized spacial score (nSPS) is 11.4. The SMILES string of the molecule is O=C(CSc1nc2ccccc2s1)N/N=C/c1cccc2ccccc12. The highest BCUT2D eigenvalue weighted by molar-refractivity contribution is 8.01. The van der Waals surface area contributed by atoms with Gasteiger partial charge in [0.2, 0.25) is 0 Å². The monoisotopic (exact) mass is 377 g/mol. The molecule has 128 valence electrons. The Morgan fingerprint density at radius 3 is 2.81 bits per heavy atom. The van der Waals surface area contributed by atoms with E-state index in [1.807, 2.05) is 54.6 Å². The van der Waals surface area contributed by atoms with Crippen molar-refractivity contribution < 1.29 is 4.79 Å². The van der Waals surface area contributed by atoms with Crippen molar-refractivity contribution >= 4 is 56.2 Å². The molecule has 1 amide bonds. The van der Waals surface area contributed by atoms with E-state index in [0.29, 0.717) is 0 Å². The summed E-state index contributed by atoms with van der Waals surface area (Å²) in [7, 11) is 0. The molecule has 26 heavy (non-hydrogen) atoms. The fourth-order valence-electron chi connectivity index (χ4n) is 2.61. The van der Waals surface area contributed by atoms with E-state index in [0.717, 1.165) is 30.9 Å². The zero-order valence-corrected chi connectivity index (χ0v) is 15.4. The first-order valence-electron chi connectivity index (χ1n) is 8.08. The Morgan fingerprint density at radius 1 is 1.08 bits per heavy atom. The molecule has 0 saturated carbocycles. The van der Waals surface area contributed by atoms with Gasteiger partial charge in [0.25, 0.3) is 5.91 Å². The van der Waals surface area contributed by atoms with Gasteiger partial charge in [-0.2, -0.15) is 5.10 Å². The van der Waals surface area contributed by atoms with E-state index in [4.69, 9.17) is 0 Å². The van der Waals surface area contributed by atoms with E-state index >= 15 is 0 Å². The summed E-state index contributed by atoms with van der Waals surface area (Å²) in [5.74, 6) is 0.137. The number of thiazole rings is 1. The highest BCUT2D eigenvalue weighted by atomic mass is 32.2. The first-order chi connectivity index (χ1) is 12.8. The van der Waals surface area contributed by atoms with Crippen LogP contribution >= 0.6 is 23.1 Å². The van der Waals surface area contributed by atoms with E-state index in [9.17, 15) is 4.79 Å². The number of nitrogens with zero attached hydrogens (tertiary/aromatic N) is 2. The van der Waals surface area contributed by atoms with E-state index in [1.165, 1.54) is 11.8 Å². The number of aromatic nitrogens is 1. The molecule has 4 nitrogen and oxygen atoms in total. The Kier molecular flexibility index (Phi) is 4.95. The maximum absolute atomic E-state index is 12.0. The minimum Gasteiger partial charge on any atom is -0.272 e. The number of carbonyl (C=O) groups is 1. The molecule has 0 fully saturated rings. The molecule has 0 unspecified atom stereocenters. The van der Waals surface area contributed by atoms with Crippen molar-refractivity contribution in [3.05, 3.63) is 72.3 Å². The molecular formula is C20H15N3OS2. The average Bonchev–Trinajstić information content (AvgIpc) is 3.10. The molecule has 4 aromatic rings. The van der Waals surface area contributed by atoms with Crippen LogP contribution in [0, 0.1) is 0 Å². The van der Waals surface area contributed by atoms with E-state index in [2.05, 4.69) is 27.6 Å². The number of amides is 1. The molecule has 0 radical (unpaired) electrons. The fourth-order valence-corrected chi connectivity index (χ4v) is 4.47. The molecule has 0 saturated heterocycles. The highest BCUT2D eigenvalue weighted by Gasteiger charge is 2.07. The number of benzene rings is 3. The van der Waals surface area contributed by atoms with Gasteiger partial charge in [-0.1, -0.05) is 66.4 Å². The van der Waals surface area contributed by atoms with Crippen molar-refractivity contribution in [2.75, 3.05) is 5.75 Å². The topological polar surface area (TPSA) is 54.4 Å². The number of para-hydroxylation sites is 1. The number of carbonyl (C=O) groups excluding carboxylic acids is 1. The summed E-state index contributed by atoms with van der Waals surface area (Å²) in [6.45, 7) is 0. The molecule has 0 spiro atoms. The number of hydrogen-bond acceptors (Lipinski definition) is 5. The molecule has 1 heterocycles. The van der Waals surface area contributed by atoms with Crippen molar-refractivity contribution in [3.8, 4) is 0 Å². The van der Waals surface area contributed by atoms with Crippen molar-refractivity contribution in [2.45, 2.75) is 4.34 Å². The summed E-state index contributed by atoms with van der Waals surface area (Å²) >= 11 is 3.02. The van der Waals surface area contributed by atoms with Crippen molar-refractivity contribution in [1.82, 2.24) is 10.4 Å². The van der Waals surface area contributed by atoms with Crippen LogP contribution in [0.15, 0.2) is 76.2 Å². The molecular weight excluding hydrogens is 362 g/mol. The van der Waals surface area contributed by atoms with Gasteiger partial charge < -0.3 is 0 Å². The lowest BCUT2D eigenvalue weighted by Gasteiger charge is -2.01. The predicted molar refractivity (Wildman–Crippen MR) is 110 cm³/mol. The van der Waals surface area contributed by atoms with Crippen LogP contribution in [0.5, 0.6) is 0 Å². The minimum absolute atomic E-state index is 0.147. The average molecular weight is 377 g/mol. The summed E-state index contributed by atoms with van der Waals surface area (Å²) < 4.78 is 2.02. The number of fused-ring (bicyclic) bond motifs is 2. The van der Waals surface area contributed by atoms with E-state index in [1.54, 1.807) is 17.6 Å². The molecule has 0 aliphatic carbocycles. The van der Waals surface area contributed by atoms with Crippen LogP contribution in [0.4, 0.5) is 0 Å². The summed E-state index contributed by atoms with van der Waals surface area (Å²) in [6.07, 6.45) is 1.68. The number of thioether (sulfide) groups is 1. The third-order valence-electron chi connectivity index (χ3n) is 3.82. The second-order valence-electron chi connectivity index (χ2n) is 5.60. The van der Waals surface area contributed by atoms with Crippen LogP contribution < -0.4 is 5.43 Å². The van der Waals surface area contributed by atoms with E-state index in [-0.39, 0.29) is 11.7 Å². The minimum atomic E-state index is -0.147. The smallest absolute Gasteiger partial charge is 0.250 e. The Morgan fingerprint density at radius 2 is 1.88 bits per heavy atom. The molecule has 1 aromatic heterocycles. The first kappa shape index (κ1) is 16.8. The molecule has 0 atom stereocenters. The van der Waals surface area contributed by atoms with Crippen LogP contribution in [0.2, 0.25) is 0 Å². The van der Waals surface area contributed by atoms with Gasteiger partial charge in [-0.05, 0) is 22.9 Å². The summed E-state index contributed by atoms with van der Waals surface area (Å²) in [6, 6.07) is 22.1. The standard InChI is InChI=1S/C20H15N3OS2/c24-19(13-25-20-22-17-10-3-4-11-18(17)26-20)23-21-12-15-8-5-7-14-6-1-2-9-16(14)15/h1-12H,13H2,(H,23,24)/b21-12+. The van der Waals surface area contributed by atoms with Gasteiger partial charge in [-0.25, -0.2) is 10.4 Å². The lowest BCUT2D eigenvalue weighted by atomic mass is 10.1. The second-order valence-corrected chi connectivity index (χ2v) is 7.85. The van der Waals surface area contributed by atoms with Crippen LogP contribution in [0.3, 0.4) is 0 Å². The molecule has 6 heteroatoms. The zero-order valence-electron chi connectivity index (χ0n) is 13.8. The molecule has 0 bridgehead atoms. The fraction of sp³-hybridized carbons (Fsp3) is 0.0500. The maximum Gasteiger partial charge on any atom is 0.250 e. The highest BCUT2D eigenvalue weighted by Crippen LogP contribution is 2.29. The van der Waals surface area contributed by atoms with Crippen molar-refractivity contribution in [1.29, 1.82) is 0 Å². The van der Waals surface area contributed by atoms with E-state index < -0.39 is 0 Å². The first-order valence-corrected chi connectivity index (χ1v) is 9.88. The van der Waals surface area contributed by atoms with Gasteiger partial charge in [0.1, 0.15) is 0 Å². The van der Waals surface area contributed by atoms with Crippen LogP contribution in [-0.2, 0) is 4.79 Å².